The summed E-state index contributed by atoms with van der Waals surface area (Å²) < 4.78 is 0. The number of aliphatic hydroxyl groups is 1. The van der Waals surface area contributed by atoms with E-state index in [1.807, 2.05) is 19.1 Å². The van der Waals surface area contributed by atoms with Crippen LogP contribution in [0.3, 0.4) is 0 Å². The largest absolute Gasteiger partial charge is 0.396 e. The molecule has 1 amide bonds. The molecule has 5 heteroatoms. The zero-order valence-corrected chi connectivity index (χ0v) is 10.0. The molecule has 0 aliphatic carbocycles. The van der Waals surface area contributed by atoms with Crippen molar-refractivity contribution in [2.45, 2.75) is 24.3 Å². The molecule has 1 unspecified atom stereocenters. The molecular weight excluding hydrogens is 224 g/mol. The van der Waals surface area contributed by atoms with Gasteiger partial charge < -0.3 is 10.4 Å². The Morgan fingerprint density at radius 2 is 2.25 bits per heavy atom. The number of hydrogen-bond donors (Lipinski definition) is 2. The fourth-order valence-corrected chi connectivity index (χ4v) is 1.86. The third-order valence-electron chi connectivity index (χ3n) is 1.99. The summed E-state index contributed by atoms with van der Waals surface area (Å²) in [5.74, 6) is 0.377. The molecule has 0 aliphatic rings. The molecule has 4 nitrogen and oxygen atoms in total. The van der Waals surface area contributed by atoms with Crippen LogP contribution in [0.25, 0.3) is 0 Å². The van der Waals surface area contributed by atoms with E-state index in [2.05, 4.69) is 10.3 Å². The molecule has 0 aliphatic heterocycles. The van der Waals surface area contributed by atoms with Gasteiger partial charge in [-0.3, -0.25) is 9.78 Å². The summed E-state index contributed by atoms with van der Waals surface area (Å²) in [7, 11) is 0. The minimum Gasteiger partial charge on any atom is -0.396 e. The number of aromatic nitrogens is 1. The molecule has 1 heterocycles. The van der Waals surface area contributed by atoms with E-state index in [0.717, 1.165) is 4.90 Å². The molecule has 0 aromatic carbocycles. The van der Waals surface area contributed by atoms with Crippen LogP contribution < -0.4 is 5.32 Å². The second-order valence-electron chi connectivity index (χ2n) is 3.45. The van der Waals surface area contributed by atoms with Crippen LogP contribution in [0.15, 0.2) is 29.4 Å². The van der Waals surface area contributed by atoms with Gasteiger partial charge in [0.15, 0.2) is 0 Å². The average molecular weight is 240 g/mol. The second-order valence-corrected chi connectivity index (χ2v) is 4.50. The number of amides is 1. The van der Waals surface area contributed by atoms with E-state index in [1.54, 1.807) is 12.4 Å². The van der Waals surface area contributed by atoms with Gasteiger partial charge in [-0.15, -0.1) is 11.8 Å². The summed E-state index contributed by atoms with van der Waals surface area (Å²) in [6.07, 6.45) is 3.99. The Kier molecular flexibility index (Phi) is 5.88. The maximum atomic E-state index is 11.5. The molecule has 1 aromatic heterocycles. The highest BCUT2D eigenvalue weighted by Crippen LogP contribution is 2.15. The van der Waals surface area contributed by atoms with Gasteiger partial charge in [-0.05, 0) is 25.5 Å². The Balaban J connectivity index is 2.25. The molecule has 0 radical (unpaired) electrons. The molecule has 0 saturated heterocycles. The van der Waals surface area contributed by atoms with Crippen LogP contribution in [-0.4, -0.2) is 34.4 Å². The van der Waals surface area contributed by atoms with E-state index >= 15 is 0 Å². The fraction of sp³-hybridized carbons (Fsp3) is 0.455. The zero-order valence-electron chi connectivity index (χ0n) is 9.22. The minimum absolute atomic E-state index is 0.0113. The zero-order chi connectivity index (χ0) is 11.8. The smallest absolute Gasteiger partial charge is 0.230 e. The van der Waals surface area contributed by atoms with Crippen LogP contribution in [-0.2, 0) is 4.79 Å². The third-order valence-corrected chi connectivity index (χ3v) is 3.00. The van der Waals surface area contributed by atoms with Crippen molar-refractivity contribution in [3.8, 4) is 0 Å². The summed E-state index contributed by atoms with van der Waals surface area (Å²) in [5.41, 5.74) is 0. The van der Waals surface area contributed by atoms with E-state index in [-0.39, 0.29) is 18.6 Å². The highest BCUT2D eigenvalue weighted by atomic mass is 32.2. The third kappa shape index (κ3) is 5.14. The molecule has 88 valence electrons. The lowest BCUT2D eigenvalue weighted by Gasteiger charge is -2.11. The van der Waals surface area contributed by atoms with E-state index in [1.165, 1.54) is 11.8 Å². The lowest BCUT2D eigenvalue weighted by molar-refractivity contribution is -0.119. The number of nitrogens with one attached hydrogen (secondary N) is 1. The minimum atomic E-state index is -0.0113. The quantitative estimate of drug-likeness (QED) is 0.730. The molecule has 0 saturated carbocycles. The van der Waals surface area contributed by atoms with E-state index in [4.69, 9.17) is 5.11 Å². The topological polar surface area (TPSA) is 62.2 Å². The number of rotatable bonds is 6. The van der Waals surface area contributed by atoms with Gasteiger partial charge in [0, 0.05) is 29.9 Å². The lowest BCUT2D eigenvalue weighted by Crippen LogP contribution is -2.34. The molecule has 1 aromatic rings. The van der Waals surface area contributed by atoms with Crippen molar-refractivity contribution in [3.63, 3.8) is 0 Å². The molecular formula is C11H16N2O2S. The van der Waals surface area contributed by atoms with Crippen LogP contribution in [0.5, 0.6) is 0 Å². The van der Waals surface area contributed by atoms with Gasteiger partial charge in [-0.1, -0.05) is 0 Å². The molecule has 0 fully saturated rings. The Labute approximate surface area is 99.5 Å². The molecule has 2 N–H and O–H groups in total. The van der Waals surface area contributed by atoms with Crippen molar-refractivity contribution in [3.05, 3.63) is 24.5 Å². The maximum absolute atomic E-state index is 11.5. The van der Waals surface area contributed by atoms with Gasteiger partial charge in [0.2, 0.25) is 5.91 Å². The summed E-state index contributed by atoms with van der Waals surface area (Å²) in [5, 5.41) is 11.5. The number of hydrogen-bond acceptors (Lipinski definition) is 4. The first-order valence-corrected chi connectivity index (χ1v) is 6.14. The van der Waals surface area contributed by atoms with Crippen LogP contribution in [0.2, 0.25) is 0 Å². The predicted molar refractivity (Wildman–Crippen MR) is 64.3 cm³/mol. The molecule has 1 rings (SSSR count). The van der Waals surface area contributed by atoms with E-state index in [0.29, 0.717) is 12.2 Å². The summed E-state index contributed by atoms with van der Waals surface area (Å²) in [6.45, 7) is 1.98. The SMILES string of the molecule is CC(CCO)NC(=O)CSc1ccncc1. The predicted octanol–water partition coefficient (Wildman–Crippen LogP) is 1.06. The molecule has 16 heavy (non-hydrogen) atoms. The van der Waals surface area contributed by atoms with Crippen LogP contribution in [0.4, 0.5) is 0 Å². The van der Waals surface area contributed by atoms with Gasteiger partial charge in [0.25, 0.3) is 0 Å². The number of nitrogens with zero attached hydrogens (tertiary/aromatic N) is 1. The average Bonchev–Trinajstić information content (AvgIpc) is 2.28. The molecule has 0 spiro atoms. The number of carbonyl (C=O) groups is 1. The van der Waals surface area contributed by atoms with Crippen molar-refractivity contribution >= 4 is 17.7 Å². The highest BCUT2D eigenvalue weighted by Gasteiger charge is 2.06. The Bertz CT molecular complexity index is 319. The summed E-state index contributed by atoms with van der Waals surface area (Å²) in [6, 6.07) is 3.76. The summed E-state index contributed by atoms with van der Waals surface area (Å²) >= 11 is 1.47. The standard InChI is InChI=1S/C11H16N2O2S/c1-9(4-7-14)13-11(15)8-16-10-2-5-12-6-3-10/h2-3,5-6,9,14H,4,7-8H2,1H3,(H,13,15). The lowest BCUT2D eigenvalue weighted by atomic mass is 10.2. The second kappa shape index (κ2) is 7.24. The summed E-state index contributed by atoms with van der Waals surface area (Å²) in [4.78, 5) is 16.4. The fourth-order valence-electron chi connectivity index (χ4n) is 1.17. The van der Waals surface area contributed by atoms with Gasteiger partial charge >= 0.3 is 0 Å². The highest BCUT2D eigenvalue weighted by molar-refractivity contribution is 8.00. The monoisotopic (exact) mass is 240 g/mol. The Morgan fingerprint density at radius 3 is 2.88 bits per heavy atom. The van der Waals surface area contributed by atoms with Gasteiger partial charge in [0.05, 0.1) is 5.75 Å². The normalized spacial score (nSPS) is 12.1. The first-order chi connectivity index (χ1) is 7.72. The van der Waals surface area contributed by atoms with Crippen molar-refractivity contribution < 1.29 is 9.90 Å². The number of pyridine rings is 1. The van der Waals surface area contributed by atoms with Gasteiger partial charge in [-0.2, -0.15) is 0 Å². The van der Waals surface area contributed by atoms with Crippen LogP contribution in [0, 0.1) is 0 Å². The van der Waals surface area contributed by atoms with Crippen molar-refractivity contribution in [1.82, 2.24) is 10.3 Å². The maximum Gasteiger partial charge on any atom is 0.230 e. The number of thioether (sulfide) groups is 1. The van der Waals surface area contributed by atoms with Crippen molar-refractivity contribution in [2.75, 3.05) is 12.4 Å². The number of aliphatic hydroxyl groups excluding tert-OH is 1. The van der Waals surface area contributed by atoms with Crippen molar-refractivity contribution in [1.29, 1.82) is 0 Å². The first kappa shape index (κ1) is 13.0. The first-order valence-electron chi connectivity index (χ1n) is 5.15. The van der Waals surface area contributed by atoms with E-state index < -0.39 is 0 Å². The van der Waals surface area contributed by atoms with E-state index in [9.17, 15) is 4.79 Å². The Hall–Kier alpha value is -1.07. The van der Waals surface area contributed by atoms with Crippen LogP contribution in [0.1, 0.15) is 13.3 Å². The van der Waals surface area contributed by atoms with Crippen molar-refractivity contribution in [2.24, 2.45) is 0 Å². The van der Waals surface area contributed by atoms with Crippen LogP contribution >= 0.6 is 11.8 Å². The Morgan fingerprint density at radius 1 is 1.56 bits per heavy atom. The number of carbonyl (C=O) groups excluding carboxylic acids is 1. The molecule has 1 atom stereocenters. The molecule has 0 bridgehead atoms. The van der Waals surface area contributed by atoms with Gasteiger partial charge in [0.1, 0.15) is 0 Å². The van der Waals surface area contributed by atoms with Gasteiger partial charge in [-0.25, -0.2) is 0 Å².